The molecule has 206 valence electrons. The summed E-state index contributed by atoms with van der Waals surface area (Å²) in [6.45, 7) is 3.10. The number of aromatic nitrogens is 4. The summed E-state index contributed by atoms with van der Waals surface area (Å²) < 4.78 is 46.0. The van der Waals surface area contributed by atoms with E-state index < -0.39 is 11.7 Å². The van der Waals surface area contributed by atoms with Crippen LogP contribution < -0.4 is 0 Å². The van der Waals surface area contributed by atoms with Crippen molar-refractivity contribution >= 4 is 24.2 Å². The highest BCUT2D eigenvalue weighted by molar-refractivity contribution is 7.99. The lowest BCUT2D eigenvalue weighted by Gasteiger charge is -2.16. The number of oxazole rings is 1. The summed E-state index contributed by atoms with van der Waals surface area (Å²) in [4.78, 5) is 6.68. The van der Waals surface area contributed by atoms with Crippen LogP contribution in [-0.2, 0) is 13.2 Å². The van der Waals surface area contributed by atoms with Gasteiger partial charge in [-0.25, -0.2) is 4.98 Å². The van der Waals surface area contributed by atoms with Crippen LogP contribution in [0.5, 0.6) is 0 Å². The number of thioether (sulfide) groups is 1. The second kappa shape index (κ2) is 11.0. The number of nitrogens with zero attached hydrogens (tertiary/aromatic N) is 5. The maximum Gasteiger partial charge on any atom is 0.416 e. The van der Waals surface area contributed by atoms with Crippen LogP contribution in [0.1, 0.15) is 36.3 Å². The molecular weight excluding hydrogens is 547 g/mol. The van der Waals surface area contributed by atoms with Gasteiger partial charge in [0.1, 0.15) is 6.26 Å². The summed E-state index contributed by atoms with van der Waals surface area (Å²) in [7, 11) is 1.98. The first-order valence-electron chi connectivity index (χ1n) is 12.7. The van der Waals surface area contributed by atoms with Gasteiger partial charge in [-0.2, -0.15) is 13.2 Å². The maximum atomic E-state index is 12.9. The number of rotatable bonds is 8. The lowest BCUT2D eigenvalue weighted by molar-refractivity contribution is -0.137. The van der Waals surface area contributed by atoms with Gasteiger partial charge in [0.25, 0.3) is 0 Å². The molecular formula is C28H29ClF3N5OS. The number of alkyl halides is 3. The molecule has 0 N–H and O–H groups in total. The molecule has 1 aliphatic heterocycles. The molecule has 1 saturated carbocycles. The second-order valence-electron chi connectivity index (χ2n) is 10.2. The molecule has 0 bridgehead atoms. The number of hydrogen-bond acceptors (Lipinski definition) is 6. The standard InChI is InChI=1S/C28H28F3N5OS.ClH/c1-35-24(20-3-5-21(6-4-20)25-32-12-15-37-25)33-34-26(35)38-16-2-13-36-14-11-27(18-36)17-23(27)19-7-9-22(10-8-19)28(29,30)31;/h3-10,12,15,23H,2,11,13-14,16-18H2,1H3;1H/t23-,27+;/m1./s1. The highest BCUT2D eigenvalue weighted by Gasteiger charge is 2.57. The van der Waals surface area contributed by atoms with Crippen molar-refractivity contribution in [2.45, 2.75) is 36.5 Å². The summed E-state index contributed by atoms with van der Waals surface area (Å²) in [5.41, 5.74) is 2.61. The van der Waals surface area contributed by atoms with Crippen LogP contribution in [0.3, 0.4) is 0 Å². The molecule has 2 atom stereocenters. The highest BCUT2D eigenvalue weighted by Crippen LogP contribution is 2.64. The predicted molar refractivity (Wildman–Crippen MR) is 147 cm³/mol. The molecule has 4 aromatic rings. The molecule has 2 aromatic carbocycles. The molecule has 1 saturated heterocycles. The number of hydrogen-bond donors (Lipinski definition) is 0. The minimum atomic E-state index is -4.28. The van der Waals surface area contributed by atoms with Gasteiger partial charge in [-0.15, -0.1) is 22.6 Å². The lowest BCUT2D eigenvalue weighted by Crippen LogP contribution is -2.23. The van der Waals surface area contributed by atoms with Crippen LogP contribution >= 0.6 is 24.2 Å². The molecule has 6 nitrogen and oxygen atoms in total. The Morgan fingerprint density at radius 1 is 1.05 bits per heavy atom. The van der Waals surface area contributed by atoms with Crippen LogP contribution in [0.2, 0.25) is 0 Å². The summed E-state index contributed by atoms with van der Waals surface area (Å²) in [5.74, 6) is 2.73. The molecule has 39 heavy (non-hydrogen) atoms. The molecule has 0 amide bonds. The third-order valence-corrected chi connectivity index (χ3v) is 8.91. The first-order chi connectivity index (χ1) is 18.3. The van der Waals surface area contributed by atoms with E-state index in [4.69, 9.17) is 4.42 Å². The van der Waals surface area contributed by atoms with E-state index in [-0.39, 0.29) is 17.8 Å². The van der Waals surface area contributed by atoms with Crippen molar-refractivity contribution in [1.29, 1.82) is 0 Å². The van der Waals surface area contributed by atoms with Gasteiger partial charge < -0.3 is 13.9 Å². The quantitative estimate of drug-likeness (QED) is 0.168. The normalized spacial score (nSPS) is 20.9. The predicted octanol–water partition coefficient (Wildman–Crippen LogP) is 6.94. The van der Waals surface area contributed by atoms with Crippen molar-refractivity contribution in [2.75, 3.05) is 25.4 Å². The fourth-order valence-electron chi connectivity index (χ4n) is 5.62. The van der Waals surface area contributed by atoms with E-state index in [9.17, 15) is 13.2 Å². The molecule has 1 spiro atoms. The Balaban J connectivity index is 0.00000308. The molecule has 2 aromatic heterocycles. The molecule has 3 heterocycles. The molecule has 2 aliphatic rings. The van der Waals surface area contributed by atoms with Gasteiger partial charge in [0.15, 0.2) is 11.0 Å². The van der Waals surface area contributed by atoms with Gasteiger partial charge in [0, 0.05) is 30.5 Å². The fourth-order valence-corrected chi connectivity index (χ4v) is 6.46. The Hall–Kier alpha value is -2.82. The van der Waals surface area contributed by atoms with Crippen molar-refractivity contribution < 1.29 is 17.6 Å². The second-order valence-corrected chi connectivity index (χ2v) is 11.3. The average molecular weight is 576 g/mol. The maximum absolute atomic E-state index is 12.9. The van der Waals surface area contributed by atoms with Crippen LogP contribution in [-0.4, -0.2) is 50.0 Å². The van der Waals surface area contributed by atoms with Gasteiger partial charge in [-0.3, -0.25) is 0 Å². The molecule has 0 unspecified atom stereocenters. The monoisotopic (exact) mass is 575 g/mol. The Morgan fingerprint density at radius 3 is 2.49 bits per heavy atom. The Kier molecular flexibility index (Phi) is 7.81. The van der Waals surface area contributed by atoms with Gasteiger partial charge in [-0.1, -0.05) is 36.0 Å². The summed E-state index contributed by atoms with van der Waals surface area (Å²) >= 11 is 1.71. The Morgan fingerprint density at radius 2 is 1.79 bits per heavy atom. The van der Waals surface area contributed by atoms with Crippen molar-refractivity contribution in [3.8, 4) is 22.8 Å². The lowest BCUT2D eigenvalue weighted by atomic mass is 9.97. The van der Waals surface area contributed by atoms with E-state index in [1.54, 1.807) is 36.4 Å². The minimum Gasteiger partial charge on any atom is -0.445 e. The van der Waals surface area contributed by atoms with Crippen molar-refractivity contribution in [1.82, 2.24) is 24.6 Å². The fraction of sp³-hybridized carbons (Fsp3) is 0.393. The molecule has 1 aliphatic carbocycles. The number of halogens is 4. The van der Waals surface area contributed by atoms with E-state index in [2.05, 4.69) is 20.1 Å². The molecule has 2 fully saturated rings. The Bertz CT molecular complexity index is 1390. The van der Waals surface area contributed by atoms with Crippen molar-refractivity contribution in [3.63, 3.8) is 0 Å². The molecule has 6 rings (SSSR count). The van der Waals surface area contributed by atoms with E-state index in [0.717, 1.165) is 72.3 Å². The largest absolute Gasteiger partial charge is 0.445 e. The zero-order valence-electron chi connectivity index (χ0n) is 21.4. The summed E-state index contributed by atoms with van der Waals surface area (Å²) in [6.07, 6.45) is 2.14. The zero-order valence-corrected chi connectivity index (χ0v) is 23.0. The minimum absolute atomic E-state index is 0. The first-order valence-corrected chi connectivity index (χ1v) is 13.7. The van der Waals surface area contributed by atoms with E-state index >= 15 is 0 Å². The number of benzene rings is 2. The van der Waals surface area contributed by atoms with Gasteiger partial charge in [-0.05, 0) is 73.5 Å². The van der Waals surface area contributed by atoms with Crippen molar-refractivity contribution in [3.05, 3.63) is 72.1 Å². The SMILES string of the molecule is Cl.Cn1c(SCCCN2CC[C@]3(C[C@@H]3c3ccc(C(F)(F)F)cc3)C2)nnc1-c1ccc(-c2ncco2)cc1. The summed E-state index contributed by atoms with van der Waals surface area (Å²) in [6, 6.07) is 13.7. The molecule has 0 radical (unpaired) electrons. The number of likely N-dealkylation sites (tertiary alicyclic amines) is 1. The summed E-state index contributed by atoms with van der Waals surface area (Å²) in [5, 5.41) is 9.68. The van der Waals surface area contributed by atoms with Crippen LogP contribution in [0.25, 0.3) is 22.8 Å². The smallest absolute Gasteiger partial charge is 0.416 e. The van der Waals surface area contributed by atoms with Crippen LogP contribution in [0.15, 0.2) is 70.6 Å². The van der Waals surface area contributed by atoms with Crippen LogP contribution in [0.4, 0.5) is 13.2 Å². The van der Waals surface area contributed by atoms with Gasteiger partial charge >= 0.3 is 6.18 Å². The molecule has 11 heteroatoms. The third-order valence-electron chi connectivity index (χ3n) is 7.80. The van der Waals surface area contributed by atoms with E-state index in [1.807, 2.05) is 35.9 Å². The first kappa shape index (κ1) is 27.7. The van der Waals surface area contributed by atoms with Gasteiger partial charge in [0.05, 0.1) is 11.8 Å². The average Bonchev–Trinajstić information content (AvgIpc) is 3.29. The van der Waals surface area contributed by atoms with E-state index in [0.29, 0.717) is 11.8 Å². The Labute approximate surface area is 235 Å². The highest BCUT2D eigenvalue weighted by atomic mass is 35.5. The topological polar surface area (TPSA) is 60.0 Å². The van der Waals surface area contributed by atoms with Gasteiger partial charge in [0.2, 0.25) is 5.89 Å². The zero-order chi connectivity index (χ0) is 26.3. The third kappa shape index (κ3) is 5.73. The van der Waals surface area contributed by atoms with E-state index in [1.165, 1.54) is 12.1 Å². The van der Waals surface area contributed by atoms with Crippen molar-refractivity contribution in [2.24, 2.45) is 12.5 Å². The van der Waals surface area contributed by atoms with Crippen LogP contribution in [0, 0.1) is 5.41 Å².